The lowest BCUT2D eigenvalue weighted by molar-refractivity contribution is -0.0530. The van der Waals surface area contributed by atoms with Crippen molar-refractivity contribution in [3.8, 4) is 0 Å². The average molecular weight is 293 g/mol. The second kappa shape index (κ2) is 6.58. The van der Waals surface area contributed by atoms with Gasteiger partial charge in [-0.15, -0.1) is 0 Å². The quantitative estimate of drug-likeness (QED) is 0.768. The van der Waals surface area contributed by atoms with Crippen molar-refractivity contribution in [2.75, 3.05) is 13.1 Å². The van der Waals surface area contributed by atoms with E-state index in [9.17, 15) is 0 Å². The van der Waals surface area contributed by atoms with Crippen molar-refractivity contribution in [3.63, 3.8) is 0 Å². The Kier molecular flexibility index (Phi) is 4.95. The van der Waals surface area contributed by atoms with Crippen LogP contribution < -0.4 is 5.32 Å². The summed E-state index contributed by atoms with van der Waals surface area (Å²) in [6, 6.07) is 0. The number of ether oxygens (including phenoxy) is 1. The molecule has 1 N–H and O–H groups in total. The van der Waals surface area contributed by atoms with E-state index in [-0.39, 0.29) is 0 Å². The van der Waals surface area contributed by atoms with Gasteiger partial charge in [-0.25, -0.2) is 0 Å². The first kappa shape index (κ1) is 15.8. The monoisotopic (exact) mass is 293 g/mol. The normalized spacial score (nSPS) is 30.7. The Labute approximate surface area is 131 Å². The highest BCUT2D eigenvalue weighted by molar-refractivity contribution is 4.96. The van der Waals surface area contributed by atoms with Gasteiger partial charge in [-0.1, -0.05) is 39.5 Å². The lowest BCUT2D eigenvalue weighted by Gasteiger charge is -2.33. The Bertz CT molecular complexity index is 326. The first-order chi connectivity index (χ1) is 10.1. The van der Waals surface area contributed by atoms with Gasteiger partial charge in [-0.3, -0.25) is 0 Å². The second-order valence-electron chi connectivity index (χ2n) is 8.60. The van der Waals surface area contributed by atoms with Crippen LogP contribution >= 0.6 is 0 Å². The van der Waals surface area contributed by atoms with Crippen LogP contribution in [-0.4, -0.2) is 24.8 Å². The summed E-state index contributed by atoms with van der Waals surface area (Å²) >= 11 is 0. The molecular formula is C19H35NO. The lowest BCUT2D eigenvalue weighted by atomic mass is 9.80. The molecule has 3 aliphatic rings. The fraction of sp³-hybridized carbons (Fsp3) is 1.00. The molecule has 2 heteroatoms. The Hall–Kier alpha value is -0.0800. The van der Waals surface area contributed by atoms with Crippen molar-refractivity contribution in [1.29, 1.82) is 0 Å². The minimum Gasteiger partial charge on any atom is -0.372 e. The molecular weight excluding hydrogens is 258 g/mol. The molecule has 2 nitrogen and oxygen atoms in total. The van der Waals surface area contributed by atoms with Crippen molar-refractivity contribution in [2.24, 2.45) is 11.3 Å². The molecule has 0 amide bonds. The fourth-order valence-corrected chi connectivity index (χ4v) is 5.11. The Morgan fingerprint density at radius 2 is 1.67 bits per heavy atom. The largest absolute Gasteiger partial charge is 0.372 e. The molecule has 3 rings (SSSR count). The molecule has 1 heterocycles. The van der Waals surface area contributed by atoms with Crippen molar-refractivity contribution in [1.82, 2.24) is 5.32 Å². The molecule has 21 heavy (non-hydrogen) atoms. The molecule has 1 spiro atoms. The summed E-state index contributed by atoms with van der Waals surface area (Å²) in [4.78, 5) is 0. The van der Waals surface area contributed by atoms with E-state index >= 15 is 0 Å². The molecule has 3 fully saturated rings. The molecule has 1 aliphatic heterocycles. The molecule has 0 aromatic heterocycles. The maximum atomic E-state index is 6.60. The van der Waals surface area contributed by atoms with Gasteiger partial charge in [0.2, 0.25) is 0 Å². The summed E-state index contributed by atoms with van der Waals surface area (Å²) in [7, 11) is 0. The maximum Gasteiger partial charge on any atom is 0.0687 e. The van der Waals surface area contributed by atoms with E-state index in [1.54, 1.807) is 0 Å². The highest BCUT2D eigenvalue weighted by atomic mass is 16.5. The van der Waals surface area contributed by atoms with Crippen LogP contribution in [0, 0.1) is 11.3 Å². The van der Waals surface area contributed by atoms with E-state index < -0.39 is 0 Å². The van der Waals surface area contributed by atoms with Gasteiger partial charge < -0.3 is 10.1 Å². The zero-order valence-corrected chi connectivity index (χ0v) is 14.3. The Morgan fingerprint density at radius 3 is 2.33 bits per heavy atom. The zero-order chi connectivity index (χ0) is 14.8. The molecule has 2 aliphatic carbocycles. The van der Waals surface area contributed by atoms with Crippen LogP contribution in [0.3, 0.4) is 0 Å². The Balaban J connectivity index is 1.53. The van der Waals surface area contributed by atoms with E-state index in [0.29, 0.717) is 17.1 Å². The van der Waals surface area contributed by atoms with Gasteiger partial charge in [-0.05, 0) is 62.8 Å². The molecule has 1 unspecified atom stereocenters. The van der Waals surface area contributed by atoms with Gasteiger partial charge in [0.15, 0.2) is 0 Å². The smallest absolute Gasteiger partial charge is 0.0687 e. The number of rotatable bonds is 6. The number of hydrogen-bond acceptors (Lipinski definition) is 2. The second-order valence-corrected chi connectivity index (χ2v) is 8.60. The van der Waals surface area contributed by atoms with Crippen molar-refractivity contribution in [2.45, 2.75) is 96.2 Å². The van der Waals surface area contributed by atoms with Crippen LogP contribution in [0.5, 0.6) is 0 Å². The van der Waals surface area contributed by atoms with Gasteiger partial charge in [0.25, 0.3) is 0 Å². The molecule has 0 bridgehead atoms. The first-order valence-corrected chi connectivity index (χ1v) is 9.50. The molecule has 2 saturated carbocycles. The zero-order valence-electron chi connectivity index (χ0n) is 14.3. The van der Waals surface area contributed by atoms with Crippen molar-refractivity contribution < 1.29 is 4.74 Å². The minimum atomic E-state index is 0.315. The standard InChI is InChI=1S/C19H35NO/c1-16(2)14-20-15-18(8-3-4-9-18)13-17-7-12-19(21-17)10-5-6-11-19/h16-17,20H,3-15H2,1-2H3. The third-order valence-electron chi connectivity index (χ3n) is 6.23. The average Bonchev–Trinajstić information content (AvgIpc) is 3.15. The Morgan fingerprint density at radius 1 is 1.00 bits per heavy atom. The van der Waals surface area contributed by atoms with Crippen LogP contribution in [-0.2, 0) is 4.74 Å². The van der Waals surface area contributed by atoms with Crippen molar-refractivity contribution >= 4 is 0 Å². The number of hydrogen-bond donors (Lipinski definition) is 1. The van der Waals surface area contributed by atoms with Crippen LogP contribution in [0.4, 0.5) is 0 Å². The minimum absolute atomic E-state index is 0.315. The van der Waals surface area contributed by atoms with Crippen LogP contribution in [0.1, 0.15) is 84.5 Å². The van der Waals surface area contributed by atoms with Crippen molar-refractivity contribution in [3.05, 3.63) is 0 Å². The summed E-state index contributed by atoms with van der Waals surface area (Å²) in [5.41, 5.74) is 0.861. The van der Waals surface area contributed by atoms with E-state index in [2.05, 4.69) is 19.2 Å². The summed E-state index contributed by atoms with van der Waals surface area (Å²) in [6.07, 6.45) is 15.7. The SMILES string of the molecule is CC(C)CNCC1(CC2CCC3(CCCC3)O2)CCCC1. The van der Waals surface area contributed by atoms with Crippen LogP contribution in [0.2, 0.25) is 0 Å². The van der Waals surface area contributed by atoms with Crippen LogP contribution in [0.15, 0.2) is 0 Å². The molecule has 1 saturated heterocycles. The lowest BCUT2D eigenvalue weighted by Crippen LogP contribution is -2.37. The summed E-state index contributed by atoms with van der Waals surface area (Å²) in [6.45, 7) is 6.99. The van der Waals surface area contributed by atoms with E-state index in [1.807, 2.05) is 0 Å². The highest BCUT2D eigenvalue weighted by Gasteiger charge is 2.45. The predicted octanol–water partition coefficient (Wildman–Crippen LogP) is 4.67. The molecule has 0 aromatic rings. The third-order valence-corrected chi connectivity index (χ3v) is 6.23. The van der Waals surface area contributed by atoms with Gasteiger partial charge in [0, 0.05) is 6.54 Å². The summed E-state index contributed by atoms with van der Waals surface area (Å²) < 4.78 is 6.60. The van der Waals surface area contributed by atoms with Gasteiger partial charge >= 0.3 is 0 Å². The molecule has 1 atom stereocenters. The maximum absolute atomic E-state index is 6.60. The number of nitrogens with one attached hydrogen (secondary N) is 1. The molecule has 122 valence electrons. The predicted molar refractivity (Wildman–Crippen MR) is 88.5 cm³/mol. The van der Waals surface area contributed by atoms with E-state index in [1.165, 1.54) is 77.2 Å². The van der Waals surface area contributed by atoms with E-state index in [4.69, 9.17) is 4.74 Å². The van der Waals surface area contributed by atoms with Gasteiger partial charge in [-0.2, -0.15) is 0 Å². The highest BCUT2D eigenvalue weighted by Crippen LogP contribution is 2.49. The first-order valence-electron chi connectivity index (χ1n) is 9.50. The summed E-state index contributed by atoms with van der Waals surface area (Å²) in [5.74, 6) is 0.757. The topological polar surface area (TPSA) is 21.3 Å². The molecule has 0 radical (unpaired) electrons. The fourth-order valence-electron chi connectivity index (χ4n) is 5.11. The van der Waals surface area contributed by atoms with Crippen LogP contribution in [0.25, 0.3) is 0 Å². The van der Waals surface area contributed by atoms with Gasteiger partial charge in [0.1, 0.15) is 0 Å². The third kappa shape index (κ3) is 3.82. The van der Waals surface area contributed by atoms with Gasteiger partial charge in [0.05, 0.1) is 11.7 Å². The van der Waals surface area contributed by atoms with E-state index in [0.717, 1.165) is 12.5 Å². The summed E-state index contributed by atoms with van der Waals surface area (Å²) in [5, 5.41) is 3.75. The molecule has 0 aromatic carbocycles.